The number of esters is 5. The van der Waals surface area contributed by atoms with E-state index in [1.807, 2.05) is 0 Å². The number of carbonyl (C=O) groups is 5. The van der Waals surface area contributed by atoms with Gasteiger partial charge in [0.05, 0.1) is 0 Å². The molecule has 202 valence electrons. The van der Waals surface area contributed by atoms with Crippen LogP contribution in [0.3, 0.4) is 0 Å². The Kier molecular flexibility index (Phi) is 11.1. The predicted molar refractivity (Wildman–Crippen MR) is 125 cm³/mol. The maximum absolute atomic E-state index is 11.9. The average Bonchev–Trinajstić information content (AvgIpc) is 2.79. The summed E-state index contributed by atoms with van der Waals surface area (Å²) in [5, 5.41) is 0. The van der Waals surface area contributed by atoms with E-state index in [2.05, 4.69) is 0 Å². The lowest BCUT2D eigenvalue weighted by molar-refractivity contribution is -0.288. The van der Waals surface area contributed by atoms with Gasteiger partial charge in [0.15, 0.2) is 12.2 Å². The quantitative estimate of drug-likeness (QED) is 0.325. The van der Waals surface area contributed by atoms with Crippen LogP contribution >= 0.6 is 0 Å². The summed E-state index contributed by atoms with van der Waals surface area (Å²) in [4.78, 5) is 57.8. The molecule has 37 heavy (non-hydrogen) atoms. The highest BCUT2D eigenvalue weighted by molar-refractivity contribution is 5.69. The zero-order valence-electron chi connectivity index (χ0n) is 21.2. The molecule has 1 heterocycles. The van der Waals surface area contributed by atoms with Crippen LogP contribution in [-0.2, 0) is 52.4 Å². The maximum Gasteiger partial charge on any atom is 0.303 e. The normalized spacial score (nSPS) is 23.0. The highest BCUT2D eigenvalue weighted by Gasteiger charge is 2.53. The highest BCUT2D eigenvalue weighted by atomic mass is 16.7. The minimum atomic E-state index is -1.33. The zero-order chi connectivity index (χ0) is 27.5. The molecule has 12 heteroatoms. The lowest BCUT2D eigenvalue weighted by atomic mass is 9.98. The van der Waals surface area contributed by atoms with Gasteiger partial charge in [-0.05, 0) is 23.8 Å². The molecule has 12 nitrogen and oxygen atoms in total. The molecule has 0 unspecified atom stereocenters. The van der Waals surface area contributed by atoms with E-state index in [9.17, 15) is 24.0 Å². The zero-order valence-corrected chi connectivity index (χ0v) is 21.2. The molecule has 2 rings (SSSR count). The van der Waals surface area contributed by atoms with E-state index in [0.29, 0.717) is 5.75 Å². The second kappa shape index (κ2) is 14.0. The van der Waals surface area contributed by atoms with Gasteiger partial charge in [-0.25, -0.2) is 0 Å². The van der Waals surface area contributed by atoms with E-state index in [-0.39, 0.29) is 13.2 Å². The van der Waals surface area contributed by atoms with Gasteiger partial charge in [0.2, 0.25) is 12.4 Å². The molecule has 0 spiro atoms. The van der Waals surface area contributed by atoms with Crippen molar-refractivity contribution in [2.45, 2.75) is 65.3 Å². The van der Waals surface area contributed by atoms with E-state index in [1.54, 1.807) is 36.4 Å². The molecule has 0 aromatic heterocycles. The van der Waals surface area contributed by atoms with Crippen LogP contribution in [0.25, 0.3) is 6.08 Å². The van der Waals surface area contributed by atoms with E-state index in [1.165, 1.54) is 13.8 Å². The first-order chi connectivity index (χ1) is 17.5. The van der Waals surface area contributed by atoms with Crippen LogP contribution < -0.4 is 4.74 Å². The fraction of sp³-hybridized carbons (Fsp3) is 0.480. The van der Waals surface area contributed by atoms with Crippen molar-refractivity contribution in [3.8, 4) is 5.75 Å². The Morgan fingerprint density at radius 3 is 1.81 bits per heavy atom. The minimum Gasteiger partial charge on any atom is -0.463 e. The topological polar surface area (TPSA) is 150 Å². The fourth-order valence-corrected chi connectivity index (χ4v) is 3.42. The fourth-order valence-electron chi connectivity index (χ4n) is 3.42. The van der Waals surface area contributed by atoms with E-state index < -0.39 is 60.6 Å². The number of benzene rings is 1. The molecule has 1 saturated heterocycles. The second-order valence-electron chi connectivity index (χ2n) is 7.96. The van der Waals surface area contributed by atoms with Gasteiger partial charge < -0.3 is 33.2 Å². The van der Waals surface area contributed by atoms with Crippen LogP contribution in [-0.4, -0.2) is 73.8 Å². The van der Waals surface area contributed by atoms with Crippen LogP contribution in [0.4, 0.5) is 0 Å². The standard InChI is InChI=1S/C25H30O12/c1-14(26)31-12-6-7-19-8-10-20(11-9-19)36-25-24(35-18(5)30)23(34-17(4)29)22(33-16(3)28)21(37-25)13-32-15(2)27/h6-11,21-25H,12-13H2,1-5H3/b7-6+/t21-,22-,23+,24-,25-/m1/s1. The van der Waals surface area contributed by atoms with E-state index in [0.717, 1.165) is 26.3 Å². The predicted octanol–water partition coefficient (Wildman–Crippen LogP) is 1.72. The summed E-state index contributed by atoms with van der Waals surface area (Å²) in [7, 11) is 0. The highest BCUT2D eigenvalue weighted by Crippen LogP contribution is 2.31. The Labute approximate surface area is 213 Å². The van der Waals surface area contributed by atoms with Gasteiger partial charge in [-0.15, -0.1) is 0 Å². The van der Waals surface area contributed by atoms with Crippen molar-refractivity contribution in [3.05, 3.63) is 35.9 Å². The van der Waals surface area contributed by atoms with Crippen molar-refractivity contribution in [1.82, 2.24) is 0 Å². The SMILES string of the molecule is CC(=O)OC/C=C/c1ccc(O[C@@H]2O[C@H](COC(C)=O)[C@@H](OC(C)=O)[C@H](OC(C)=O)[C@H]2OC(C)=O)cc1. The Morgan fingerprint density at radius 1 is 0.730 bits per heavy atom. The van der Waals surface area contributed by atoms with Gasteiger partial charge in [-0.2, -0.15) is 0 Å². The van der Waals surface area contributed by atoms with Crippen molar-refractivity contribution >= 4 is 35.9 Å². The molecule has 0 bridgehead atoms. The number of ether oxygens (including phenoxy) is 7. The lowest BCUT2D eigenvalue weighted by Crippen LogP contribution is -2.63. The van der Waals surface area contributed by atoms with Gasteiger partial charge in [-0.1, -0.05) is 18.2 Å². The molecule has 0 amide bonds. The van der Waals surface area contributed by atoms with Crippen LogP contribution in [0.2, 0.25) is 0 Å². The summed E-state index contributed by atoms with van der Waals surface area (Å²) in [5.41, 5.74) is 0.779. The van der Waals surface area contributed by atoms with Crippen LogP contribution in [0.1, 0.15) is 40.2 Å². The van der Waals surface area contributed by atoms with Gasteiger partial charge in [0, 0.05) is 34.6 Å². The number of rotatable bonds is 10. The third-order valence-corrected chi connectivity index (χ3v) is 4.77. The first-order valence-electron chi connectivity index (χ1n) is 11.3. The molecule has 0 N–H and O–H groups in total. The van der Waals surface area contributed by atoms with Crippen molar-refractivity contribution in [2.24, 2.45) is 0 Å². The second-order valence-corrected chi connectivity index (χ2v) is 7.96. The molecule has 1 aliphatic heterocycles. The van der Waals surface area contributed by atoms with Gasteiger partial charge in [0.25, 0.3) is 0 Å². The molecule has 1 fully saturated rings. The minimum absolute atomic E-state index is 0.123. The Bertz CT molecular complexity index is 999. The first-order valence-corrected chi connectivity index (χ1v) is 11.3. The molecule has 0 aliphatic carbocycles. The summed E-state index contributed by atoms with van der Waals surface area (Å²) in [5.74, 6) is -2.90. The molecule has 0 saturated carbocycles. The van der Waals surface area contributed by atoms with E-state index >= 15 is 0 Å². The Morgan fingerprint density at radius 2 is 1.27 bits per heavy atom. The van der Waals surface area contributed by atoms with Crippen LogP contribution in [0.15, 0.2) is 30.3 Å². The van der Waals surface area contributed by atoms with Crippen molar-refractivity contribution in [2.75, 3.05) is 13.2 Å². The molecule has 1 aliphatic rings. The summed E-state index contributed by atoms with van der Waals surface area (Å²) < 4.78 is 37.8. The van der Waals surface area contributed by atoms with Gasteiger partial charge in [0.1, 0.15) is 25.1 Å². The average molecular weight is 523 g/mol. The molecule has 1 aromatic carbocycles. The van der Waals surface area contributed by atoms with Crippen LogP contribution in [0.5, 0.6) is 5.75 Å². The van der Waals surface area contributed by atoms with Gasteiger partial charge in [-0.3, -0.25) is 24.0 Å². The molecule has 5 atom stereocenters. The monoisotopic (exact) mass is 522 g/mol. The summed E-state index contributed by atoms with van der Waals surface area (Å²) in [6, 6.07) is 6.65. The maximum atomic E-state index is 11.9. The van der Waals surface area contributed by atoms with E-state index in [4.69, 9.17) is 33.2 Å². The molecule has 0 radical (unpaired) electrons. The van der Waals surface area contributed by atoms with Crippen molar-refractivity contribution < 1.29 is 57.1 Å². The third-order valence-electron chi connectivity index (χ3n) is 4.77. The number of hydrogen-bond acceptors (Lipinski definition) is 12. The summed E-state index contributed by atoms with van der Waals surface area (Å²) >= 11 is 0. The van der Waals surface area contributed by atoms with Crippen molar-refractivity contribution in [3.63, 3.8) is 0 Å². The first kappa shape index (κ1) is 29.3. The van der Waals surface area contributed by atoms with Gasteiger partial charge >= 0.3 is 29.8 Å². The number of carbonyl (C=O) groups excluding carboxylic acids is 5. The number of hydrogen-bond donors (Lipinski definition) is 0. The Balaban J connectivity index is 2.32. The molecular weight excluding hydrogens is 492 g/mol. The third kappa shape index (κ3) is 9.92. The smallest absolute Gasteiger partial charge is 0.303 e. The molecular formula is C25H30O12. The summed E-state index contributed by atoms with van der Waals surface area (Å²) in [6.07, 6.45) is -2.97. The largest absolute Gasteiger partial charge is 0.463 e. The summed E-state index contributed by atoms with van der Waals surface area (Å²) in [6.45, 7) is 5.68. The lowest BCUT2D eigenvalue weighted by Gasteiger charge is -2.43. The molecule has 1 aromatic rings. The van der Waals surface area contributed by atoms with Crippen LogP contribution in [0, 0.1) is 0 Å². The Hall–Kier alpha value is -3.93. The van der Waals surface area contributed by atoms with Crippen molar-refractivity contribution in [1.29, 1.82) is 0 Å².